The van der Waals surface area contributed by atoms with Gasteiger partial charge in [0.2, 0.25) is 0 Å². The van der Waals surface area contributed by atoms with E-state index in [1.165, 1.54) is 5.57 Å². The summed E-state index contributed by atoms with van der Waals surface area (Å²) >= 11 is 0. The van der Waals surface area contributed by atoms with E-state index in [1.54, 1.807) is 6.08 Å². The van der Waals surface area contributed by atoms with E-state index in [9.17, 15) is 4.79 Å². The van der Waals surface area contributed by atoms with Crippen LogP contribution < -0.4 is 5.73 Å². The van der Waals surface area contributed by atoms with Gasteiger partial charge in [-0.05, 0) is 25.3 Å². The third-order valence-electron chi connectivity index (χ3n) is 4.28. The molecule has 0 radical (unpaired) electrons. The lowest BCUT2D eigenvalue weighted by molar-refractivity contribution is -0.137. The van der Waals surface area contributed by atoms with E-state index in [4.69, 9.17) is 10.5 Å². The first-order valence-electron chi connectivity index (χ1n) is 9.09. The number of rotatable bonds is 7. The molecule has 0 aliphatic heterocycles. The number of benzene rings is 1. The van der Waals surface area contributed by atoms with Crippen molar-refractivity contribution in [2.24, 2.45) is 11.7 Å². The van der Waals surface area contributed by atoms with Gasteiger partial charge in [0.05, 0.1) is 6.61 Å². The lowest BCUT2D eigenvalue weighted by atomic mass is 9.79. The lowest BCUT2D eigenvalue weighted by Crippen LogP contribution is -2.37. The smallest absolute Gasteiger partial charge is 0.330 e. The lowest BCUT2D eigenvalue weighted by Gasteiger charge is -2.30. The van der Waals surface area contributed by atoms with Gasteiger partial charge in [0.25, 0.3) is 0 Å². The molecule has 3 heteroatoms. The molecule has 134 valence electrons. The number of unbranched alkanes of at least 4 members (excludes halogenated alkanes) is 2. The highest BCUT2D eigenvalue weighted by Gasteiger charge is 2.25. The van der Waals surface area contributed by atoms with Crippen molar-refractivity contribution in [2.75, 3.05) is 6.61 Å². The van der Waals surface area contributed by atoms with Crippen LogP contribution in [-0.4, -0.2) is 18.1 Å². The van der Waals surface area contributed by atoms with Crippen LogP contribution in [0.1, 0.15) is 45.1 Å². The van der Waals surface area contributed by atoms with Crippen molar-refractivity contribution in [2.45, 2.75) is 45.1 Å². The fraction of sp³-hybridized carbons (Fsp3) is 0.409. The molecule has 2 rings (SSSR count). The topological polar surface area (TPSA) is 52.3 Å². The van der Waals surface area contributed by atoms with E-state index in [0.29, 0.717) is 6.61 Å². The molecule has 0 heterocycles. The van der Waals surface area contributed by atoms with Crippen LogP contribution in [0, 0.1) is 5.92 Å². The Balaban J connectivity index is 2.06. The maximum atomic E-state index is 11.9. The molecule has 0 spiro atoms. The van der Waals surface area contributed by atoms with Gasteiger partial charge in [0, 0.05) is 17.5 Å². The van der Waals surface area contributed by atoms with E-state index in [0.717, 1.165) is 31.2 Å². The van der Waals surface area contributed by atoms with Crippen molar-refractivity contribution >= 4 is 12.0 Å². The molecule has 1 aliphatic rings. The van der Waals surface area contributed by atoms with E-state index in [1.807, 2.05) is 37.3 Å². The Kier molecular flexibility index (Phi) is 7.20. The number of esters is 1. The standard InChI is InChI=1S/C22H29NO2/c1-3-4-8-15-25-21(24)12-11-19-13-14-22(2,23)17-20(19)16-18-9-6-5-7-10-18/h5-7,9-14,16,19H,3-4,8,15,17,23H2,1-2H3. The number of hydrogen-bond donors (Lipinski definition) is 1. The second-order valence-corrected chi connectivity index (χ2v) is 6.93. The Morgan fingerprint density at radius 3 is 2.80 bits per heavy atom. The van der Waals surface area contributed by atoms with Crippen LogP contribution in [0.5, 0.6) is 0 Å². The summed E-state index contributed by atoms with van der Waals surface area (Å²) in [5, 5.41) is 0. The molecule has 0 saturated carbocycles. The highest BCUT2D eigenvalue weighted by atomic mass is 16.5. The number of ether oxygens (including phenoxy) is 1. The van der Waals surface area contributed by atoms with Crippen LogP contribution in [0.4, 0.5) is 0 Å². The van der Waals surface area contributed by atoms with Crippen LogP contribution in [0.2, 0.25) is 0 Å². The average molecular weight is 339 g/mol. The third kappa shape index (κ3) is 6.71. The Labute approximate surface area is 151 Å². The van der Waals surface area contributed by atoms with Crippen molar-refractivity contribution in [1.29, 1.82) is 0 Å². The molecular weight excluding hydrogens is 310 g/mol. The van der Waals surface area contributed by atoms with Gasteiger partial charge in [-0.2, -0.15) is 0 Å². The second kappa shape index (κ2) is 9.38. The fourth-order valence-electron chi connectivity index (χ4n) is 2.92. The molecule has 0 aromatic heterocycles. The normalized spacial score (nSPS) is 24.8. The van der Waals surface area contributed by atoms with Crippen molar-refractivity contribution in [3.8, 4) is 0 Å². The zero-order chi connectivity index (χ0) is 18.1. The minimum Gasteiger partial charge on any atom is -0.463 e. The Morgan fingerprint density at radius 2 is 2.08 bits per heavy atom. The number of carbonyl (C=O) groups is 1. The maximum absolute atomic E-state index is 11.9. The summed E-state index contributed by atoms with van der Waals surface area (Å²) < 4.78 is 5.24. The van der Waals surface area contributed by atoms with E-state index < -0.39 is 0 Å². The van der Waals surface area contributed by atoms with E-state index in [-0.39, 0.29) is 17.4 Å². The summed E-state index contributed by atoms with van der Waals surface area (Å²) in [6.45, 7) is 4.64. The predicted octanol–water partition coefficient (Wildman–Crippen LogP) is 4.65. The molecule has 1 aromatic carbocycles. The van der Waals surface area contributed by atoms with Gasteiger partial charge in [-0.25, -0.2) is 4.79 Å². The van der Waals surface area contributed by atoms with Gasteiger partial charge in [-0.1, -0.05) is 80.0 Å². The Hall–Kier alpha value is -2.13. The minimum atomic E-state index is -0.356. The molecule has 0 saturated heterocycles. The summed E-state index contributed by atoms with van der Waals surface area (Å²) in [4.78, 5) is 11.9. The molecule has 0 bridgehead atoms. The van der Waals surface area contributed by atoms with Gasteiger partial charge in [0.15, 0.2) is 0 Å². The monoisotopic (exact) mass is 339 g/mol. The number of hydrogen-bond acceptors (Lipinski definition) is 3. The molecule has 2 unspecified atom stereocenters. The highest BCUT2D eigenvalue weighted by Crippen LogP contribution is 2.31. The van der Waals surface area contributed by atoms with Crippen LogP contribution in [-0.2, 0) is 9.53 Å². The van der Waals surface area contributed by atoms with Crippen LogP contribution in [0.25, 0.3) is 6.08 Å². The summed E-state index contributed by atoms with van der Waals surface area (Å²) in [5.74, 6) is -0.204. The zero-order valence-corrected chi connectivity index (χ0v) is 15.3. The Morgan fingerprint density at radius 1 is 1.32 bits per heavy atom. The molecule has 3 nitrogen and oxygen atoms in total. The third-order valence-corrected chi connectivity index (χ3v) is 4.28. The molecule has 1 aromatic rings. The second-order valence-electron chi connectivity index (χ2n) is 6.93. The zero-order valence-electron chi connectivity index (χ0n) is 15.3. The molecule has 0 fully saturated rings. The summed E-state index contributed by atoms with van der Waals surface area (Å²) in [5.41, 5.74) is 8.28. The fourth-order valence-corrected chi connectivity index (χ4v) is 2.92. The molecule has 25 heavy (non-hydrogen) atoms. The average Bonchev–Trinajstić information content (AvgIpc) is 2.58. The van der Waals surface area contributed by atoms with Crippen molar-refractivity contribution in [3.05, 3.63) is 65.8 Å². The SMILES string of the molecule is CCCCCOC(=O)C=CC1C=CC(C)(N)CC1=Cc1ccccc1. The summed E-state index contributed by atoms with van der Waals surface area (Å²) in [6.07, 6.45) is 13.6. The summed E-state index contributed by atoms with van der Waals surface area (Å²) in [6, 6.07) is 10.2. The van der Waals surface area contributed by atoms with Crippen LogP contribution in [0.15, 0.2) is 60.2 Å². The van der Waals surface area contributed by atoms with Crippen LogP contribution in [0.3, 0.4) is 0 Å². The van der Waals surface area contributed by atoms with Gasteiger partial charge in [-0.15, -0.1) is 0 Å². The first-order valence-corrected chi connectivity index (χ1v) is 9.09. The van der Waals surface area contributed by atoms with Crippen molar-refractivity contribution in [1.82, 2.24) is 0 Å². The highest BCUT2D eigenvalue weighted by molar-refractivity contribution is 5.82. The molecule has 2 atom stereocenters. The quantitative estimate of drug-likeness (QED) is 0.340. The van der Waals surface area contributed by atoms with E-state index in [2.05, 4.69) is 31.2 Å². The van der Waals surface area contributed by atoms with Gasteiger partial charge < -0.3 is 10.5 Å². The maximum Gasteiger partial charge on any atom is 0.330 e. The Bertz CT molecular complexity index is 641. The number of carbonyl (C=O) groups excluding carboxylic acids is 1. The van der Waals surface area contributed by atoms with Crippen molar-refractivity contribution in [3.63, 3.8) is 0 Å². The van der Waals surface area contributed by atoms with Gasteiger partial charge in [-0.3, -0.25) is 0 Å². The molecule has 2 N–H and O–H groups in total. The number of allylic oxidation sites excluding steroid dienone is 2. The van der Waals surface area contributed by atoms with Gasteiger partial charge >= 0.3 is 5.97 Å². The molecular formula is C22H29NO2. The largest absolute Gasteiger partial charge is 0.463 e. The first kappa shape index (κ1) is 19.2. The van der Waals surface area contributed by atoms with Gasteiger partial charge in [0.1, 0.15) is 0 Å². The molecule has 0 amide bonds. The van der Waals surface area contributed by atoms with Crippen molar-refractivity contribution < 1.29 is 9.53 Å². The number of nitrogens with two attached hydrogens (primary N) is 1. The van der Waals surface area contributed by atoms with E-state index >= 15 is 0 Å². The van der Waals surface area contributed by atoms with Crippen LogP contribution >= 0.6 is 0 Å². The predicted molar refractivity (Wildman–Crippen MR) is 104 cm³/mol. The summed E-state index contributed by atoms with van der Waals surface area (Å²) in [7, 11) is 0. The first-order chi connectivity index (χ1) is 12.0. The molecule has 1 aliphatic carbocycles. The minimum absolute atomic E-state index is 0.0695.